The van der Waals surface area contributed by atoms with Crippen LogP contribution >= 0.6 is 15.9 Å². The van der Waals surface area contributed by atoms with Crippen molar-refractivity contribution in [3.8, 4) is 0 Å². The fourth-order valence-electron chi connectivity index (χ4n) is 2.23. The highest BCUT2D eigenvalue weighted by molar-refractivity contribution is 9.09. The van der Waals surface area contributed by atoms with Crippen LogP contribution in [0, 0.1) is 5.92 Å². The molecule has 2 aliphatic carbocycles. The van der Waals surface area contributed by atoms with Gasteiger partial charge in [-0.25, -0.2) is 0 Å². The zero-order chi connectivity index (χ0) is 6.48. The molecule has 0 aromatic heterocycles. The topological polar surface area (TPSA) is 26.0 Å². The smallest absolute Gasteiger partial charge is 0.0328 e. The Bertz CT molecular complexity index is 137. The molecule has 2 rings (SSSR count). The first-order valence-electron chi connectivity index (χ1n) is 3.64. The van der Waals surface area contributed by atoms with Gasteiger partial charge in [0.2, 0.25) is 0 Å². The zero-order valence-electron chi connectivity index (χ0n) is 5.44. The summed E-state index contributed by atoms with van der Waals surface area (Å²) in [5.41, 5.74) is 6.28. The first kappa shape index (κ1) is 6.17. The molecule has 1 nitrogen and oxygen atoms in total. The van der Waals surface area contributed by atoms with E-state index in [2.05, 4.69) is 15.9 Å². The predicted molar refractivity (Wildman–Crippen MR) is 41.6 cm³/mol. The van der Waals surface area contributed by atoms with Gasteiger partial charge in [-0.1, -0.05) is 15.9 Å². The van der Waals surface area contributed by atoms with Crippen LogP contribution < -0.4 is 5.73 Å². The molecule has 2 aliphatic rings. The van der Waals surface area contributed by atoms with Crippen LogP contribution in [0.5, 0.6) is 0 Å². The molecule has 0 spiro atoms. The van der Waals surface area contributed by atoms with Gasteiger partial charge >= 0.3 is 0 Å². The zero-order valence-corrected chi connectivity index (χ0v) is 7.02. The quantitative estimate of drug-likeness (QED) is 0.577. The van der Waals surface area contributed by atoms with E-state index in [-0.39, 0.29) is 5.54 Å². The number of hydrogen-bond acceptors (Lipinski definition) is 1. The van der Waals surface area contributed by atoms with E-state index in [1.807, 2.05) is 0 Å². The van der Waals surface area contributed by atoms with Crippen molar-refractivity contribution in [3.63, 3.8) is 0 Å². The second kappa shape index (κ2) is 1.73. The molecule has 2 fully saturated rings. The molecule has 0 aromatic rings. The lowest BCUT2D eigenvalue weighted by Gasteiger charge is -2.26. The number of rotatable bonds is 0. The van der Waals surface area contributed by atoms with Crippen LogP contribution in [-0.2, 0) is 0 Å². The molecule has 0 saturated heterocycles. The van der Waals surface area contributed by atoms with Crippen LogP contribution in [-0.4, -0.2) is 10.4 Å². The third-order valence-corrected chi connectivity index (χ3v) is 4.14. The minimum atomic E-state index is 0.185. The summed E-state index contributed by atoms with van der Waals surface area (Å²) in [5, 5.41) is 0. The van der Waals surface area contributed by atoms with E-state index in [0.29, 0.717) is 4.83 Å². The van der Waals surface area contributed by atoms with Crippen molar-refractivity contribution in [2.75, 3.05) is 0 Å². The molecule has 2 saturated carbocycles. The van der Waals surface area contributed by atoms with Crippen LogP contribution in [0.25, 0.3) is 0 Å². The molecule has 2 bridgehead atoms. The number of alkyl halides is 1. The number of halogens is 1. The van der Waals surface area contributed by atoms with Gasteiger partial charge in [0, 0.05) is 10.4 Å². The fourth-order valence-corrected chi connectivity index (χ4v) is 3.17. The summed E-state index contributed by atoms with van der Waals surface area (Å²) in [5.74, 6) is 0.944. The molecule has 9 heavy (non-hydrogen) atoms. The molecule has 2 N–H and O–H groups in total. The van der Waals surface area contributed by atoms with Gasteiger partial charge in [-0.2, -0.15) is 0 Å². The largest absolute Gasteiger partial charge is 0.324 e. The van der Waals surface area contributed by atoms with Gasteiger partial charge in [0.25, 0.3) is 0 Å². The average Bonchev–Trinajstić information content (AvgIpc) is 2.22. The molecule has 0 unspecified atom stereocenters. The van der Waals surface area contributed by atoms with Gasteiger partial charge in [0.05, 0.1) is 0 Å². The molecule has 0 aromatic carbocycles. The van der Waals surface area contributed by atoms with E-state index in [4.69, 9.17) is 5.73 Å². The lowest BCUT2D eigenvalue weighted by molar-refractivity contribution is 0.436. The Balaban J connectivity index is 2.22. The van der Waals surface area contributed by atoms with Crippen LogP contribution in [0.3, 0.4) is 0 Å². The highest BCUT2D eigenvalue weighted by Crippen LogP contribution is 2.49. The number of fused-ring (bicyclic) bond motifs is 2. The minimum absolute atomic E-state index is 0.185. The van der Waals surface area contributed by atoms with Gasteiger partial charge in [0.15, 0.2) is 0 Å². The van der Waals surface area contributed by atoms with E-state index in [9.17, 15) is 0 Å². The molecule has 52 valence electrons. The van der Waals surface area contributed by atoms with Crippen LogP contribution in [0.2, 0.25) is 0 Å². The van der Waals surface area contributed by atoms with Gasteiger partial charge < -0.3 is 5.73 Å². The van der Waals surface area contributed by atoms with E-state index in [1.54, 1.807) is 0 Å². The van der Waals surface area contributed by atoms with Crippen molar-refractivity contribution in [1.82, 2.24) is 0 Å². The van der Waals surface area contributed by atoms with Crippen molar-refractivity contribution < 1.29 is 0 Å². The molecule has 0 amide bonds. The van der Waals surface area contributed by atoms with E-state index in [0.717, 1.165) is 5.92 Å². The second-order valence-corrected chi connectivity index (χ2v) is 4.65. The lowest BCUT2D eigenvalue weighted by atomic mass is 9.95. The van der Waals surface area contributed by atoms with E-state index in [1.165, 1.54) is 25.7 Å². The van der Waals surface area contributed by atoms with Crippen LogP contribution in [0.1, 0.15) is 25.7 Å². The third kappa shape index (κ3) is 0.761. The Labute approximate surface area is 64.1 Å². The van der Waals surface area contributed by atoms with Gasteiger partial charge in [-0.05, 0) is 31.6 Å². The Morgan fingerprint density at radius 3 is 2.56 bits per heavy atom. The molecule has 3 atom stereocenters. The summed E-state index contributed by atoms with van der Waals surface area (Å²) < 4.78 is 0. The first-order chi connectivity index (χ1) is 4.21. The average molecular weight is 190 g/mol. The third-order valence-electron chi connectivity index (χ3n) is 2.85. The number of hydrogen-bond donors (Lipinski definition) is 1. The summed E-state index contributed by atoms with van der Waals surface area (Å²) in [6, 6.07) is 0. The predicted octanol–water partition coefficient (Wildman–Crippen LogP) is 1.65. The molecule has 2 heteroatoms. The Kier molecular flexibility index (Phi) is 1.18. The normalized spacial score (nSPS) is 56.7. The van der Waals surface area contributed by atoms with Gasteiger partial charge in [0.1, 0.15) is 0 Å². The van der Waals surface area contributed by atoms with Crippen LogP contribution in [0.15, 0.2) is 0 Å². The standard InChI is InChI=1S/C7H12BrN/c8-6-3-5-1-2-7(6,9)4-5/h5-6H,1-4,9H2/t5-,6+,7-/m1/s1. The van der Waals surface area contributed by atoms with E-state index < -0.39 is 0 Å². The highest BCUT2D eigenvalue weighted by atomic mass is 79.9. The lowest BCUT2D eigenvalue weighted by Crippen LogP contribution is -2.42. The van der Waals surface area contributed by atoms with Crippen LogP contribution in [0.4, 0.5) is 0 Å². The molecule has 0 aliphatic heterocycles. The fraction of sp³-hybridized carbons (Fsp3) is 1.00. The molecule has 0 heterocycles. The van der Waals surface area contributed by atoms with Crippen molar-refractivity contribution in [1.29, 1.82) is 0 Å². The van der Waals surface area contributed by atoms with Crippen molar-refractivity contribution in [2.45, 2.75) is 36.0 Å². The summed E-state index contributed by atoms with van der Waals surface area (Å²) >= 11 is 3.63. The minimum Gasteiger partial charge on any atom is -0.324 e. The summed E-state index contributed by atoms with van der Waals surface area (Å²) in [6.07, 6.45) is 5.20. The molecule has 0 radical (unpaired) electrons. The Morgan fingerprint density at radius 2 is 2.33 bits per heavy atom. The summed E-state index contributed by atoms with van der Waals surface area (Å²) in [4.78, 5) is 0.615. The maximum Gasteiger partial charge on any atom is 0.0328 e. The van der Waals surface area contributed by atoms with E-state index >= 15 is 0 Å². The number of nitrogens with two attached hydrogens (primary N) is 1. The highest BCUT2D eigenvalue weighted by Gasteiger charge is 2.48. The Hall–Kier alpha value is 0.440. The van der Waals surface area contributed by atoms with Crippen molar-refractivity contribution in [3.05, 3.63) is 0 Å². The van der Waals surface area contributed by atoms with Gasteiger partial charge in [-0.15, -0.1) is 0 Å². The first-order valence-corrected chi connectivity index (χ1v) is 4.55. The van der Waals surface area contributed by atoms with Crippen molar-refractivity contribution >= 4 is 15.9 Å². The monoisotopic (exact) mass is 189 g/mol. The maximum atomic E-state index is 6.10. The molecular weight excluding hydrogens is 178 g/mol. The summed E-state index contributed by atoms with van der Waals surface area (Å²) in [7, 11) is 0. The Morgan fingerprint density at radius 1 is 1.56 bits per heavy atom. The second-order valence-electron chi connectivity index (χ2n) is 3.55. The van der Waals surface area contributed by atoms with Gasteiger partial charge in [-0.3, -0.25) is 0 Å². The molecular formula is C7H12BrN. The van der Waals surface area contributed by atoms with Crippen molar-refractivity contribution in [2.24, 2.45) is 11.7 Å². The summed E-state index contributed by atoms with van der Waals surface area (Å²) in [6.45, 7) is 0. The maximum absolute atomic E-state index is 6.10. The SMILES string of the molecule is N[C@@]12CC[C@H](C[C@@H]1Br)C2.